The number of rotatable bonds is 6. The summed E-state index contributed by atoms with van der Waals surface area (Å²) in [5, 5.41) is 2.83. The smallest absolute Gasteiger partial charge is 0.279 e. The number of anilines is 2. The van der Waals surface area contributed by atoms with E-state index in [1.165, 1.54) is 31.1 Å². The second-order valence-corrected chi connectivity index (χ2v) is 8.97. The molecule has 1 fully saturated rings. The van der Waals surface area contributed by atoms with Crippen LogP contribution in [-0.2, 0) is 14.8 Å². The monoisotopic (exact) mass is 405 g/mol. The van der Waals surface area contributed by atoms with Gasteiger partial charge in [-0.15, -0.1) is 0 Å². The van der Waals surface area contributed by atoms with Crippen LogP contribution in [0.15, 0.2) is 47.6 Å². The zero-order chi connectivity index (χ0) is 20.1. The number of sulfonamides is 1. The van der Waals surface area contributed by atoms with Gasteiger partial charge < -0.3 is 15.1 Å². The number of nitrogens with zero attached hydrogens (tertiary/aromatic N) is 4. The van der Waals surface area contributed by atoms with E-state index in [0.717, 1.165) is 36.4 Å². The van der Waals surface area contributed by atoms with E-state index in [1.807, 2.05) is 0 Å². The summed E-state index contributed by atoms with van der Waals surface area (Å²) >= 11 is 0. The fourth-order valence-electron chi connectivity index (χ4n) is 3.01. The largest absolute Gasteiger partial charge is 0.330 e. The lowest BCUT2D eigenvalue weighted by Gasteiger charge is -2.31. The molecule has 0 unspecified atom stereocenters. The molecule has 0 aliphatic carbocycles. The van der Waals surface area contributed by atoms with Crippen molar-refractivity contribution in [2.24, 2.45) is 0 Å². The Morgan fingerprint density at radius 3 is 2.32 bits per heavy atom. The van der Waals surface area contributed by atoms with Crippen molar-refractivity contribution in [3.63, 3.8) is 0 Å². The lowest BCUT2D eigenvalue weighted by molar-refractivity contribution is -0.892. The number of hydrogen-bond acceptors (Lipinski definition) is 6. The van der Waals surface area contributed by atoms with Crippen LogP contribution in [0.1, 0.15) is 0 Å². The third-order valence-corrected chi connectivity index (χ3v) is 6.46. The van der Waals surface area contributed by atoms with Crippen LogP contribution >= 0.6 is 0 Å². The minimum atomic E-state index is -3.47. The average molecular weight is 406 g/mol. The number of benzene rings is 1. The minimum Gasteiger partial charge on any atom is -0.330 e. The van der Waals surface area contributed by atoms with Crippen LogP contribution in [0.2, 0.25) is 0 Å². The lowest BCUT2D eigenvalue weighted by Crippen LogP contribution is -3.15. The van der Waals surface area contributed by atoms with Gasteiger partial charge in [-0.2, -0.15) is 0 Å². The summed E-state index contributed by atoms with van der Waals surface area (Å²) in [6.45, 7) is 3.60. The van der Waals surface area contributed by atoms with Gasteiger partial charge in [0.05, 0.1) is 31.1 Å². The van der Waals surface area contributed by atoms with Gasteiger partial charge in [0.2, 0.25) is 16.0 Å². The van der Waals surface area contributed by atoms with Crippen LogP contribution in [0, 0.1) is 0 Å². The third-order valence-electron chi connectivity index (χ3n) is 4.63. The van der Waals surface area contributed by atoms with Gasteiger partial charge in [-0.1, -0.05) is 0 Å². The van der Waals surface area contributed by atoms with Crippen molar-refractivity contribution in [3.05, 3.63) is 42.7 Å². The molecule has 0 atom stereocenters. The van der Waals surface area contributed by atoms with Gasteiger partial charge in [0.1, 0.15) is 0 Å². The molecule has 1 aromatic heterocycles. The average Bonchev–Trinajstić information content (AvgIpc) is 2.69. The Labute approximate surface area is 165 Å². The van der Waals surface area contributed by atoms with Crippen molar-refractivity contribution < 1.29 is 18.1 Å². The normalized spacial score (nSPS) is 15.6. The molecule has 0 saturated carbocycles. The summed E-state index contributed by atoms with van der Waals surface area (Å²) in [7, 11) is -0.504. The van der Waals surface area contributed by atoms with Crippen molar-refractivity contribution in [1.82, 2.24) is 14.3 Å². The highest BCUT2D eigenvalue weighted by Crippen LogP contribution is 2.16. The standard InChI is InChI=1S/C18H24N6O3S/c1-22(2)28(26,27)16-6-4-15(5-7-16)21-17(25)14-23-10-12-24(13-11-23)18-19-8-3-9-20-18/h3-9H,10-14H2,1-2H3,(H,21,25)/p+1. The minimum absolute atomic E-state index is 0.0948. The maximum absolute atomic E-state index is 12.3. The first-order chi connectivity index (χ1) is 13.4. The summed E-state index contributed by atoms with van der Waals surface area (Å²) in [5.41, 5.74) is 0.582. The van der Waals surface area contributed by atoms with Gasteiger partial charge in [0, 0.05) is 32.2 Å². The topological polar surface area (TPSA) is 99.9 Å². The SMILES string of the molecule is CN(C)S(=O)(=O)c1ccc(NC(=O)C[NH+]2CCN(c3ncccn3)CC2)cc1. The number of quaternary nitrogens is 1. The van der Waals surface area contributed by atoms with Crippen molar-refractivity contribution in [3.8, 4) is 0 Å². The maximum Gasteiger partial charge on any atom is 0.279 e. The van der Waals surface area contributed by atoms with Gasteiger partial charge in [-0.25, -0.2) is 22.7 Å². The summed E-state index contributed by atoms with van der Waals surface area (Å²) in [5.74, 6) is 0.626. The predicted octanol–water partition coefficient (Wildman–Crippen LogP) is -0.929. The highest BCUT2D eigenvalue weighted by Gasteiger charge is 2.23. The van der Waals surface area contributed by atoms with E-state index >= 15 is 0 Å². The summed E-state index contributed by atoms with van der Waals surface area (Å²) in [4.78, 5) is 24.3. The maximum atomic E-state index is 12.3. The van der Waals surface area contributed by atoms with E-state index in [-0.39, 0.29) is 10.8 Å². The molecule has 10 heteroatoms. The van der Waals surface area contributed by atoms with E-state index < -0.39 is 10.0 Å². The lowest BCUT2D eigenvalue weighted by atomic mass is 10.3. The first-order valence-corrected chi connectivity index (χ1v) is 10.5. The molecule has 2 heterocycles. The molecule has 0 radical (unpaired) electrons. The number of piperazine rings is 1. The second-order valence-electron chi connectivity index (χ2n) is 6.82. The van der Waals surface area contributed by atoms with Crippen LogP contribution in [0.4, 0.5) is 11.6 Å². The highest BCUT2D eigenvalue weighted by atomic mass is 32.2. The number of amides is 1. The van der Waals surface area contributed by atoms with Crippen LogP contribution in [0.25, 0.3) is 0 Å². The number of carbonyl (C=O) groups excluding carboxylic acids is 1. The van der Waals surface area contributed by atoms with Crippen molar-refractivity contribution in [1.29, 1.82) is 0 Å². The first kappa shape index (κ1) is 20.2. The number of nitrogens with one attached hydrogen (secondary N) is 2. The Bertz CT molecular complexity index is 895. The number of aromatic nitrogens is 2. The molecular formula is C18H25N6O3S+. The van der Waals surface area contributed by atoms with E-state index in [9.17, 15) is 13.2 Å². The predicted molar refractivity (Wildman–Crippen MR) is 106 cm³/mol. The molecular weight excluding hydrogens is 380 g/mol. The van der Waals surface area contributed by atoms with Gasteiger partial charge >= 0.3 is 0 Å². The Kier molecular flexibility index (Phi) is 6.22. The van der Waals surface area contributed by atoms with Crippen molar-refractivity contribution >= 4 is 27.6 Å². The first-order valence-electron chi connectivity index (χ1n) is 9.04. The molecule has 9 nitrogen and oxygen atoms in total. The molecule has 1 aromatic carbocycles. The van der Waals surface area contributed by atoms with E-state index in [4.69, 9.17) is 0 Å². The Balaban J connectivity index is 1.50. The van der Waals surface area contributed by atoms with Crippen LogP contribution in [-0.4, -0.2) is 75.4 Å². The van der Waals surface area contributed by atoms with Crippen LogP contribution < -0.4 is 15.1 Å². The zero-order valence-electron chi connectivity index (χ0n) is 16.0. The molecule has 2 aromatic rings. The molecule has 150 valence electrons. The molecule has 1 aliphatic heterocycles. The molecule has 0 spiro atoms. The molecule has 3 rings (SSSR count). The summed E-state index contributed by atoms with van der Waals surface area (Å²) < 4.78 is 25.3. The van der Waals surface area contributed by atoms with Crippen molar-refractivity contribution in [2.45, 2.75) is 4.90 Å². The van der Waals surface area contributed by atoms with Gasteiger partial charge in [-0.05, 0) is 30.3 Å². The Hall–Kier alpha value is -2.56. The Morgan fingerprint density at radius 2 is 1.75 bits per heavy atom. The van der Waals surface area contributed by atoms with Gasteiger partial charge in [0.25, 0.3) is 5.91 Å². The Morgan fingerprint density at radius 1 is 1.14 bits per heavy atom. The molecule has 28 heavy (non-hydrogen) atoms. The molecule has 0 bridgehead atoms. The summed E-state index contributed by atoms with van der Waals surface area (Å²) in [6.07, 6.45) is 3.45. The van der Waals surface area contributed by atoms with Crippen LogP contribution in [0.5, 0.6) is 0 Å². The number of carbonyl (C=O) groups is 1. The van der Waals surface area contributed by atoms with Crippen LogP contribution in [0.3, 0.4) is 0 Å². The quantitative estimate of drug-likeness (QED) is 0.644. The number of hydrogen-bond donors (Lipinski definition) is 2. The zero-order valence-corrected chi connectivity index (χ0v) is 16.8. The van der Waals surface area contributed by atoms with E-state index in [1.54, 1.807) is 30.6 Å². The fourth-order valence-corrected chi connectivity index (χ4v) is 3.91. The highest BCUT2D eigenvalue weighted by molar-refractivity contribution is 7.89. The summed E-state index contributed by atoms with van der Waals surface area (Å²) in [6, 6.07) is 7.99. The molecule has 1 amide bonds. The molecule has 2 N–H and O–H groups in total. The molecule has 1 saturated heterocycles. The van der Waals surface area contributed by atoms with Gasteiger partial charge in [0.15, 0.2) is 6.54 Å². The fraction of sp³-hybridized carbons (Fsp3) is 0.389. The van der Waals surface area contributed by atoms with E-state index in [2.05, 4.69) is 20.2 Å². The van der Waals surface area contributed by atoms with Gasteiger partial charge in [-0.3, -0.25) is 4.79 Å². The van der Waals surface area contributed by atoms with E-state index in [0.29, 0.717) is 12.2 Å². The third kappa shape index (κ3) is 4.83. The van der Waals surface area contributed by atoms with Crippen molar-refractivity contribution in [2.75, 3.05) is 57.0 Å². The molecule has 1 aliphatic rings. The second kappa shape index (κ2) is 8.63.